The molecule has 4 heteroatoms. The maximum Gasteiger partial charge on any atom is 0.253 e. The van der Waals surface area contributed by atoms with Gasteiger partial charge in [0.2, 0.25) is 0 Å². The molecule has 0 unspecified atom stereocenters. The van der Waals surface area contributed by atoms with Crippen LogP contribution >= 0.6 is 0 Å². The number of carbonyl (C=O) groups excluding carboxylic acids is 2. The van der Waals surface area contributed by atoms with Crippen molar-refractivity contribution in [2.45, 2.75) is 40.5 Å². The molecule has 4 nitrogen and oxygen atoms in total. The van der Waals surface area contributed by atoms with Crippen molar-refractivity contribution in [2.75, 3.05) is 6.61 Å². The Hall–Kier alpha value is -0.900. The SMILES string of the molecule is CC(C)C.CCON1C(=O)CCC1=O. The van der Waals surface area contributed by atoms with Crippen molar-refractivity contribution in [3.63, 3.8) is 0 Å². The zero-order valence-corrected chi connectivity index (χ0v) is 9.37. The fourth-order valence-electron chi connectivity index (χ4n) is 0.829. The number of imide groups is 1. The summed E-state index contributed by atoms with van der Waals surface area (Å²) in [6, 6.07) is 0. The third kappa shape index (κ3) is 4.97. The summed E-state index contributed by atoms with van der Waals surface area (Å²) in [6.45, 7) is 8.59. The molecular weight excluding hydrogens is 182 g/mol. The molecule has 1 heterocycles. The van der Waals surface area contributed by atoms with E-state index >= 15 is 0 Å². The van der Waals surface area contributed by atoms with Gasteiger partial charge in [-0.2, -0.15) is 5.06 Å². The maximum atomic E-state index is 10.8. The average molecular weight is 201 g/mol. The number of hydrogen-bond acceptors (Lipinski definition) is 3. The molecule has 1 saturated heterocycles. The summed E-state index contributed by atoms with van der Waals surface area (Å²) in [5, 5.41) is 0.847. The van der Waals surface area contributed by atoms with Gasteiger partial charge in [-0.05, 0) is 12.8 Å². The maximum absolute atomic E-state index is 10.8. The summed E-state index contributed by atoms with van der Waals surface area (Å²) in [6.07, 6.45) is 0.581. The van der Waals surface area contributed by atoms with Crippen LogP contribution in [0.3, 0.4) is 0 Å². The molecule has 0 bridgehead atoms. The van der Waals surface area contributed by atoms with Crippen LogP contribution in [0.25, 0.3) is 0 Å². The van der Waals surface area contributed by atoms with Crippen LogP contribution in [0.4, 0.5) is 0 Å². The molecule has 1 aliphatic heterocycles. The van der Waals surface area contributed by atoms with Gasteiger partial charge in [-0.25, -0.2) is 0 Å². The molecular formula is C10H19NO3. The summed E-state index contributed by atoms with van der Waals surface area (Å²) in [5.74, 6) is 0.374. The minimum atomic E-state index is -0.230. The Morgan fingerprint density at radius 3 is 1.86 bits per heavy atom. The molecule has 0 aromatic heterocycles. The second kappa shape index (κ2) is 6.54. The summed E-state index contributed by atoms with van der Waals surface area (Å²) >= 11 is 0. The zero-order valence-electron chi connectivity index (χ0n) is 9.37. The van der Waals surface area contributed by atoms with Gasteiger partial charge >= 0.3 is 0 Å². The number of amides is 2. The molecule has 0 N–H and O–H groups in total. The number of hydrogen-bond donors (Lipinski definition) is 0. The third-order valence-corrected chi connectivity index (χ3v) is 1.26. The normalized spacial score (nSPS) is 15.9. The Morgan fingerprint density at radius 1 is 1.21 bits per heavy atom. The van der Waals surface area contributed by atoms with Crippen LogP contribution in [0, 0.1) is 5.92 Å². The number of hydroxylamine groups is 2. The lowest BCUT2D eigenvalue weighted by Crippen LogP contribution is -2.28. The largest absolute Gasteiger partial charge is 0.272 e. The second-order valence-corrected chi connectivity index (χ2v) is 3.73. The van der Waals surface area contributed by atoms with Gasteiger partial charge in [0, 0.05) is 12.8 Å². The first kappa shape index (κ1) is 13.1. The summed E-state index contributed by atoms with van der Waals surface area (Å²) in [7, 11) is 0. The molecule has 0 aliphatic carbocycles. The highest BCUT2D eigenvalue weighted by Gasteiger charge is 2.29. The summed E-state index contributed by atoms with van der Waals surface area (Å²) in [4.78, 5) is 26.3. The van der Waals surface area contributed by atoms with Crippen LogP contribution < -0.4 is 0 Å². The van der Waals surface area contributed by atoms with E-state index in [2.05, 4.69) is 20.8 Å². The summed E-state index contributed by atoms with van der Waals surface area (Å²) < 4.78 is 0. The van der Waals surface area contributed by atoms with E-state index < -0.39 is 0 Å². The van der Waals surface area contributed by atoms with E-state index in [-0.39, 0.29) is 11.8 Å². The van der Waals surface area contributed by atoms with Crippen LogP contribution in [0.15, 0.2) is 0 Å². The van der Waals surface area contributed by atoms with Crippen molar-refractivity contribution in [3.05, 3.63) is 0 Å². The fourth-order valence-corrected chi connectivity index (χ4v) is 0.829. The Kier molecular flexibility index (Phi) is 6.12. The zero-order chi connectivity index (χ0) is 11.1. The molecule has 2 amide bonds. The predicted octanol–water partition coefficient (Wildman–Crippen LogP) is 1.75. The lowest BCUT2D eigenvalue weighted by molar-refractivity contribution is -0.186. The van der Waals surface area contributed by atoms with E-state index in [9.17, 15) is 9.59 Å². The second-order valence-electron chi connectivity index (χ2n) is 3.73. The van der Waals surface area contributed by atoms with Crippen molar-refractivity contribution in [1.29, 1.82) is 0 Å². The van der Waals surface area contributed by atoms with Gasteiger partial charge in [0.1, 0.15) is 0 Å². The Labute approximate surface area is 85.2 Å². The molecule has 14 heavy (non-hydrogen) atoms. The van der Waals surface area contributed by atoms with Crippen LogP contribution in [0.5, 0.6) is 0 Å². The van der Waals surface area contributed by atoms with Crippen molar-refractivity contribution in [1.82, 2.24) is 5.06 Å². The topological polar surface area (TPSA) is 46.6 Å². The quantitative estimate of drug-likeness (QED) is 0.639. The van der Waals surface area contributed by atoms with Gasteiger partial charge in [0.05, 0.1) is 6.61 Å². The molecule has 0 saturated carbocycles. The van der Waals surface area contributed by atoms with Crippen LogP contribution in [0.1, 0.15) is 40.5 Å². The molecule has 1 rings (SSSR count). The van der Waals surface area contributed by atoms with Crippen LogP contribution in [0.2, 0.25) is 0 Å². The minimum absolute atomic E-state index is 0.230. The monoisotopic (exact) mass is 201 g/mol. The van der Waals surface area contributed by atoms with Crippen molar-refractivity contribution in [2.24, 2.45) is 5.92 Å². The van der Waals surface area contributed by atoms with Crippen LogP contribution in [-0.4, -0.2) is 23.5 Å². The number of nitrogens with zero attached hydrogens (tertiary/aromatic N) is 1. The summed E-state index contributed by atoms with van der Waals surface area (Å²) in [5.41, 5.74) is 0. The van der Waals surface area contributed by atoms with Gasteiger partial charge in [-0.3, -0.25) is 14.4 Å². The van der Waals surface area contributed by atoms with Gasteiger partial charge in [-0.1, -0.05) is 20.8 Å². The standard InChI is InChI=1S/C6H9NO3.C4H10/c1-2-10-7-5(8)3-4-6(7)9;1-4(2)3/h2-4H2,1H3;4H,1-3H3. The van der Waals surface area contributed by atoms with E-state index in [1.807, 2.05) is 0 Å². The van der Waals surface area contributed by atoms with Gasteiger partial charge in [-0.15, -0.1) is 0 Å². The highest BCUT2D eigenvalue weighted by Crippen LogP contribution is 2.11. The highest BCUT2D eigenvalue weighted by atomic mass is 16.7. The fraction of sp³-hybridized carbons (Fsp3) is 0.800. The lowest BCUT2D eigenvalue weighted by atomic mass is 10.3. The number of carbonyl (C=O) groups is 2. The number of rotatable bonds is 2. The third-order valence-electron chi connectivity index (χ3n) is 1.26. The minimum Gasteiger partial charge on any atom is -0.272 e. The smallest absolute Gasteiger partial charge is 0.253 e. The molecule has 1 fully saturated rings. The van der Waals surface area contributed by atoms with Gasteiger partial charge in [0.15, 0.2) is 0 Å². The van der Waals surface area contributed by atoms with Gasteiger partial charge in [0.25, 0.3) is 11.8 Å². The first-order valence-corrected chi connectivity index (χ1v) is 4.97. The van der Waals surface area contributed by atoms with E-state index in [4.69, 9.17) is 4.84 Å². The van der Waals surface area contributed by atoms with E-state index in [0.29, 0.717) is 19.4 Å². The van der Waals surface area contributed by atoms with Crippen molar-refractivity contribution < 1.29 is 14.4 Å². The Bertz CT molecular complexity index is 183. The van der Waals surface area contributed by atoms with Crippen molar-refractivity contribution >= 4 is 11.8 Å². The molecule has 1 aliphatic rings. The molecule has 0 aromatic carbocycles. The van der Waals surface area contributed by atoms with E-state index in [1.165, 1.54) is 0 Å². The Balaban J connectivity index is 0.000000364. The van der Waals surface area contributed by atoms with Crippen LogP contribution in [-0.2, 0) is 14.4 Å². The highest BCUT2D eigenvalue weighted by molar-refractivity contribution is 6.00. The lowest BCUT2D eigenvalue weighted by Gasteiger charge is -2.10. The predicted molar refractivity (Wildman–Crippen MR) is 53.2 cm³/mol. The molecule has 0 spiro atoms. The Morgan fingerprint density at radius 2 is 1.57 bits per heavy atom. The molecule has 0 aromatic rings. The van der Waals surface area contributed by atoms with Crippen molar-refractivity contribution in [3.8, 4) is 0 Å². The van der Waals surface area contributed by atoms with E-state index in [0.717, 1.165) is 11.0 Å². The molecule has 0 radical (unpaired) electrons. The molecule has 0 atom stereocenters. The average Bonchev–Trinajstić information content (AvgIpc) is 2.35. The van der Waals surface area contributed by atoms with E-state index in [1.54, 1.807) is 6.92 Å². The first-order valence-electron chi connectivity index (χ1n) is 4.97. The molecule has 82 valence electrons. The van der Waals surface area contributed by atoms with Gasteiger partial charge < -0.3 is 0 Å². The first-order chi connectivity index (χ1) is 6.49.